The number of carbonyl (C=O) groups excluding carboxylic acids is 2. The largest absolute Gasteiger partial charge is 0.283 e. The molecule has 2 amide bonds. The molecule has 0 saturated carbocycles. The molecule has 2 saturated heterocycles. The van der Waals surface area contributed by atoms with Gasteiger partial charge in [0.15, 0.2) is 6.10 Å². The summed E-state index contributed by atoms with van der Waals surface area (Å²) in [5.74, 6) is -1.07. The van der Waals surface area contributed by atoms with Gasteiger partial charge in [-0.15, -0.1) is 0 Å². The van der Waals surface area contributed by atoms with E-state index in [1.54, 1.807) is 17.2 Å². The molecular weight excluding hydrogens is 328 g/mol. The molecule has 6 heteroatoms. The van der Waals surface area contributed by atoms with Gasteiger partial charge >= 0.3 is 0 Å². The van der Waals surface area contributed by atoms with E-state index in [9.17, 15) is 9.59 Å². The van der Waals surface area contributed by atoms with Crippen molar-refractivity contribution in [3.8, 4) is 0 Å². The molecule has 0 aliphatic carbocycles. The van der Waals surface area contributed by atoms with Crippen molar-refractivity contribution >= 4 is 29.1 Å². The van der Waals surface area contributed by atoms with Crippen LogP contribution in [0.3, 0.4) is 0 Å². The van der Waals surface area contributed by atoms with Crippen LogP contribution in [0.25, 0.3) is 0 Å². The molecule has 0 spiro atoms. The van der Waals surface area contributed by atoms with Gasteiger partial charge in [-0.2, -0.15) is 0 Å². The molecule has 2 fully saturated rings. The first kappa shape index (κ1) is 15.2. The number of anilines is 1. The van der Waals surface area contributed by atoms with Crippen molar-refractivity contribution in [3.05, 3.63) is 65.2 Å². The van der Waals surface area contributed by atoms with Crippen LogP contribution in [0.15, 0.2) is 54.6 Å². The Hall–Kier alpha value is -2.37. The Morgan fingerprint density at radius 3 is 2.29 bits per heavy atom. The highest BCUT2D eigenvalue weighted by molar-refractivity contribution is 6.30. The van der Waals surface area contributed by atoms with E-state index in [1.165, 1.54) is 7.05 Å². The van der Waals surface area contributed by atoms with Gasteiger partial charge in [0.05, 0.1) is 11.7 Å². The van der Waals surface area contributed by atoms with E-state index in [4.69, 9.17) is 16.4 Å². The highest BCUT2D eigenvalue weighted by Crippen LogP contribution is 2.46. The van der Waals surface area contributed by atoms with E-state index in [2.05, 4.69) is 0 Å². The first-order chi connectivity index (χ1) is 11.6. The number of hydrogen-bond acceptors (Lipinski definition) is 4. The number of nitrogens with zero attached hydrogens (tertiary/aromatic N) is 2. The van der Waals surface area contributed by atoms with Gasteiger partial charge in [-0.3, -0.25) is 19.3 Å². The van der Waals surface area contributed by atoms with E-state index >= 15 is 0 Å². The predicted molar refractivity (Wildman–Crippen MR) is 89.3 cm³/mol. The van der Waals surface area contributed by atoms with E-state index in [-0.39, 0.29) is 17.9 Å². The lowest BCUT2D eigenvalue weighted by Crippen LogP contribution is -2.34. The molecule has 0 N–H and O–H groups in total. The quantitative estimate of drug-likeness (QED) is 0.787. The molecule has 2 aromatic carbocycles. The Kier molecular flexibility index (Phi) is 3.55. The number of carbonyl (C=O) groups is 2. The van der Waals surface area contributed by atoms with Crippen molar-refractivity contribution in [2.75, 3.05) is 12.1 Å². The molecule has 122 valence electrons. The van der Waals surface area contributed by atoms with Crippen molar-refractivity contribution in [3.63, 3.8) is 0 Å². The normalized spacial score (nSPS) is 26.2. The molecule has 0 unspecified atom stereocenters. The molecule has 4 rings (SSSR count). The number of hydrogen-bond donors (Lipinski definition) is 0. The second kappa shape index (κ2) is 5.61. The van der Waals surface area contributed by atoms with Crippen molar-refractivity contribution in [1.29, 1.82) is 0 Å². The molecule has 0 aromatic heterocycles. The van der Waals surface area contributed by atoms with Crippen molar-refractivity contribution in [1.82, 2.24) is 4.90 Å². The van der Waals surface area contributed by atoms with Gasteiger partial charge in [0, 0.05) is 12.1 Å². The molecule has 5 nitrogen and oxygen atoms in total. The Labute approximate surface area is 144 Å². The molecule has 24 heavy (non-hydrogen) atoms. The minimum Gasteiger partial charge on any atom is -0.283 e. The van der Waals surface area contributed by atoms with Gasteiger partial charge in [-0.25, -0.2) is 5.06 Å². The van der Waals surface area contributed by atoms with Crippen LogP contribution in [0, 0.1) is 5.92 Å². The van der Waals surface area contributed by atoms with Crippen molar-refractivity contribution in [2.24, 2.45) is 5.92 Å². The molecule has 0 radical (unpaired) electrons. The maximum atomic E-state index is 12.6. The topological polar surface area (TPSA) is 49.9 Å². The minimum atomic E-state index is -0.789. The lowest BCUT2D eigenvalue weighted by molar-refractivity contribution is -0.141. The Bertz CT molecular complexity index is 794. The fourth-order valence-corrected chi connectivity index (χ4v) is 3.48. The smallest absolute Gasteiger partial charge is 0.261 e. The first-order valence-corrected chi connectivity index (χ1v) is 8.03. The van der Waals surface area contributed by atoms with Crippen LogP contribution in [-0.2, 0) is 14.4 Å². The van der Waals surface area contributed by atoms with Gasteiger partial charge in [0.2, 0.25) is 5.91 Å². The van der Waals surface area contributed by atoms with E-state index < -0.39 is 12.0 Å². The van der Waals surface area contributed by atoms with Crippen LogP contribution >= 0.6 is 11.6 Å². The second-order valence-electron chi connectivity index (χ2n) is 5.95. The summed E-state index contributed by atoms with van der Waals surface area (Å²) in [7, 11) is 1.50. The van der Waals surface area contributed by atoms with E-state index in [1.807, 2.05) is 42.5 Å². The van der Waals surface area contributed by atoms with Crippen LogP contribution in [-0.4, -0.2) is 29.9 Å². The lowest BCUT2D eigenvalue weighted by Gasteiger charge is -2.28. The fraction of sp³-hybridized carbons (Fsp3) is 0.222. The number of likely N-dealkylation sites (tertiary alicyclic amines) is 1. The third-order valence-electron chi connectivity index (χ3n) is 4.56. The summed E-state index contributed by atoms with van der Waals surface area (Å²) in [5, 5.41) is 2.27. The number of likely N-dealkylation sites (N-methyl/N-ethyl adjacent to an activating group) is 1. The van der Waals surface area contributed by atoms with Crippen LogP contribution in [0.5, 0.6) is 0 Å². The average Bonchev–Trinajstić information content (AvgIpc) is 3.09. The number of rotatable bonds is 2. The number of halogens is 1. The van der Waals surface area contributed by atoms with E-state index in [0.717, 1.165) is 16.2 Å². The average molecular weight is 343 g/mol. The minimum absolute atomic E-state index is 0.213. The summed E-state index contributed by atoms with van der Waals surface area (Å²) in [4.78, 5) is 32.0. The molecule has 2 aliphatic rings. The van der Waals surface area contributed by atoms with Crippen molar-refractivity contribution < 1.29 is 14.4 Å². The molecule has 2 aromatic rings. The molecule has 0 bridgehead atoms. The summed E-state index contributed by atoms with van der Waals surface area (Å²) >= 11 is 5.96. The Morgan fingerprint density at radius 2 is 1.62 bits per heavy atom. The summed E-state index contributed by atoms with van der Waals surface area (Å²) in [6.45, 7) is 0. The fourth-order valence-electron chi connectivity index (χ4n) is 3.35. The highest BCUT2D eigenvalue weighted by Gasteiger charge is 2.58. The third kappa shape index (κ3) is 2.20. The number of imide groups is 1. The first-order valence-electron chi connectivity index (χ1n) is 7.66. The molecular formula is C18H15ClN2O3. The lowest BCUT2D eigenvalue weighted by atomic mass is 9.90. The van der Waals surface area contributed by atoms with Crippen LogP contribution < -0.4 is 5.06 Å². The summed E-state index contributed by atoms with van der Waals surface area (Å²) in [6, 6.07) is 16.4. The zero-order valence-corrected chi connectivity index (χ0v) is 13.7. The van der Waals surface area contributed by atoms with Gasteiger partial charge in [0.1, 0.15) is 5.92 Å². The predicted octanol–water partition coefficient (Wildman–Crippen LogP) is 2.82. The molecule has 2 heterocycles. The van der Waals surface area contributed by atoms with Gasteiger partial charge in [0.25, 0.3) is 5.91 Å². The standard InChI is InChI=1S/C18H15ClN2O3/c1-20-17(22)14-15(11-5-3-2-4-6-11)21(24-16(14)18(20)23)13-9-7-12(19)8-10-13/h2-10,14-16H,1H3/t14-,15+,16-/m1/s1. The van der Waals surface area contributed by atoms with Gasteiger partial charge in [-0.1, -0.05) is 41.9 Å². The zero-order chi connectivity index (χ0) is 16.8. The monoisotopic (exact) mass is 342 g/mol. The van der Waals surface area contributed by atoms with Gasteiger partial charge < -0.3 is 0 Å². The van der Waals surface area contributed by atoms with Gasteiger partial charge in [-0.05, 0) is 29.8 Å². The van der Waals surface area contributed by atoms with Crippen LogP contribution in [0.1, 0.15) is 11.6 Å². The Morgan fingerprint density at radius 1 is 0.958 bits per heavy atom. The SMILES string of the molecule is CN1C(=O)[C@H]2[C@@H](ON(c3ccc(Cl)cc3)[C@H]2c2ccccc2)C1=O. The van der Waals surface area contributed by atoms with Crippen molar-refractivity contribution in [2.45, 2.75) is 12.1 Å². The summed E-state index contributed by atoms with van der Waals surface area (Å²) in [5.41, 5.74) is 1.68. The number of fused-ring (bicyclic) bond motifs is 1. The molecule has 2 aliphatic heterocycles. The third-order valence-corrected chi connectivity index (χ3v) is 4.81. The van der Waals surface area contributed by atoms with Crippen LogP contribution in [0.2, 0.25) is 5.02 Å². The number of amides is 2. The maximum Gasteiger partial charge on any atom is 0.261 e. The number of hydroxylamine groups is 1. The summed E-state index contributed by atoms with van der Waals surface area (Å²) < 4.78 is 0. The van der Waals surface area contributed by atoms with Crippen LogP contribution in [0.4, 0.5) is 5.69 Å². The Balaban J connectivity index is 1.80. The zero-order valence-electron chi connectivity index (χ0n) is 12.9. The number of benzene rings is 2. The maximum absolute atomic E-state index is 12.6. The highest BCUT2D eigenvalue weighted by atomic mass is 35.5. The van der Waals surface area contributed by atoms with E-state index in [0.29, 0.717) is 5.02 Å². The summed E-state index contributed by atoms with van der Waals surface area (Å²) in [6.07, 6.45) is -0.789. The second-order valence-corrected chi connectivity index (χ2v) is 6.38. The molecule has 3 atom stereocenters.